The van der Waals surface area contributed by atoms with Crippen LogP contribution in [-0.4, -0.2) is 36.0 Å². The summed E-state index contributed by atoms with van der Waals surface area (Å²) in [7, 11) is 2.41. The zero-order valence-electron chi connectivity index (χ0n) is 16.0. The second kappa shape index (κ2) is 6.34. The molecule has 154 valence electrons. The average Bonchev–Trinajstić information content (AvgIpc) is 2.77. The molecule has 2 aromatic rings. The van der Waals surface area contributed by atoms with Crippen molar-refractivity contribution in [2.24, 2.45) is 0 Å². The van der Waals surface area contributed by atoms with E-state index in [1.165, 1.54) is 50.6 Å². The highest BCUT2D eigenvalue weighted by Crippen LogP contribution is 2.61. The molecule has 0 aliphatic heterocycles. The van der Waals surface area contributed by atoms with Crippen LogP contribution in [0.2, 0.25) is 0 Å². The van der Waals surface area contributed by atoms with E-state index in [1.807, 2.05) is 0 Å². The van der Waals surface area contributed by atoms with Crippen molar-refractivity contribution in [3.05, 3.63) is 78.9 Å². The summed E-state index contributed by atoms with van der Waals surface area (Å²) in [6, 6.07) is 7.91. The Kier molecular flexibility index (Phi) is 4.12. The molecule has 0 saturated heterocycles. The smallest absolute Gasteiger partial charge is 0.320 e. The van der Waals surface area contributed by atoms with Crippen molar-refractivity contribution < 1.29 is 28.9 Å². The maximum Gasteiger partial charge on any atom is 0.320 e. The molecule has 0 amide bonds. The van der Waals surface area contributed by atoms with E-state index in [2.05, 4.69) is 0 Å². The van der Waals surface area contributed by atoms with Gasteiger partial charge in [-0.2, -0.15) is 0 Å². The third kappa shape index (κ3) is 2.18. The zero-order chi connectivity index (χ0) is 21.8. The monoisotopic (exact) mass is 412 g/mol. The number of benzene rings is 2. The third-order valence-corrected chi connectivity index (χ3v) is 6.21. The fourth-order valence-electron chi connectivity index (χ4n) is 4.94. The van der Waals surface area contributed by atoms with Crippen LogP contribution in [0.3, 0.4) is 0 Å². The quantitative estimate of drug-likeness (QED) is 0.424. The molecule has 10 heteroatoms. The van der Waals surface area contributed by atoms with Gasteiger partial charge in [0.05, 0.1) is 24.1 Å². The molecule has 0 N–H and O–H groups in total. The van der Waals surface area contributed by atoms with Gasteiger partial charge in [0.25, 0.3) is 11.4 Å². The summed E-state index contributed by atoms with van der Waals surface area (Å²) < 4.78 is 10.1. The van der Waals surface area contributed by atoms with Gasteiger partial charge in [0, 0.05) is 24.3 Å². The molecule has 0 saturated carbocycles. The minimum Gasteiger partial charge on any atom is -0.468 e. The zero-order valence-corrected chi connectivity index (χ0v) is 16.0. The molecule has 3 aliphatic rings. The minimum atomic E-state index is -1.51. The molecule has 0 fully saturated rings. The number of nitrogens with zero attached hydrogens (tertiary/aromatic N) is 2. The van der Waals surface area contributed by atoms with Crippen LogP contribution in [0.4, 0.5) is 11.4 Å². The summed E-state index contributed by atoms with van der Waals surface area (Å²) in [5, 5.41) is 22.8. The Labute approximate surface area is 169 Å². The van der Waals surface area contributed by atoms with E-state index < -0.39 is 32.6 Å². The summed E-state index contributed by atoms with van der Waals surface area (Å²) in [6.07, 6.45) is 0.265. The maximum absolute atomic E-state index is 13.1. The van der Waals surface area contributed by atoms with Gasteiger partial charge in [-0.05, 0) is 35.1 Å². The number of rotatable bonds is 4. The van der Waals surface area contributed by atoms with Gasteiger partial charge in [-0.3, -0.25) is 29.8 Å². The predicted octanol–water partition coefficient (Wildman–Crippen LogP) is 2.53. The van der Waals surface area contributed by atoms with E-state index in [-0.39, 0.29) is 35.3 Å². The molecule has 0 unspecified atom stereocenters. The Morgan fingerprint density at radius 3 is 1.47 bits per heavy atom. The lowest BCUT2D eigenvalue weighted by Crippen LogP contribution is -2.56. The van der Waals surface area contributed by atoms with Crippen molar-refractivity contribution in [2.45, 2.75) is 23.7 Å². The number of nitro groups is 2. The topological polar surface area (TPSA) is 139 Å². The van der Waals surface area contributed by atoms with E-state index in [1.54, 1.807) is 0 Å². The minimum absolute atomic E-state index is 0.0805. The summed E-state index contributed by atoms with van der Waals surface area (Å²) in [4.78, 5) is 47.7. The van der Waals surface area contributed by atoms with E-state index in [9.17, 15) is 29.8 Å². The van der Waals surface area contributed by atoms with Crippen LogP contribution < -0.4 is 0 Å². The molecular weight excluding hydrogens is 396 g/mol. The average molecular weight is 412 g/mol. The molecule has 5 rings (SSSR count). The highest BCUT2D eigenvalue weighted by Gasteiger charge is 2.63. The number of fused-ring (bicyclic) bond motifs is 1. The van der Waals surface area contributed by atoms with Crippen molar-refractivity contribution in [3.8, 4) is 0 Å². The highest BCUT2D eigenvalue weighted by molar-refractivity contribution is 5.99. The molecular formula is C20H16N2O8. The summed E-state index contributed by atoms with van der Waals surface area (Å²) >= 11 is 0. The third-order valence-electron chi connectivity index (χ3n) is 6.21. The lowest BCUT2D eigenvalue weighted by Gasteiger charge is -2.52. The number of esters is 2. The Bertz CT molecular complexity index is 1070. The van der Waals surface area contributed by atoms with Gasteiger partial charge in [-0.1, -0.05) is 12.1 Å². The molecule has 0 radical (unpaired) electrons. The molecule has 0 aromatic heterocycles. The van der Waals surface area contributed by atoms with Crippen molar-refractivity contribution in [1.82, 2.24) is 0 Å². The number of non-ortho nitro benzene ring substituents is 2. The van der Waals surface area contributed by atoms with E-state index in [4.69, 9.17) is 9.47 Å². The Hall–Kier alpha value is -3.82. The van der Waals surface area contributed by atoms with Gasteiger partial charge < -0.3 is 9.47 Å². The second-order valence-electron chi connectivity index (χ2n) is 7.27. The number of hydrogen-bond donors (Lipinski definition) is 0. The molecule has 0 spiro atoms. The van der Waals surface area contributed by atoms with Crippen molar-refractivity contribution in [1.29, 1.82) is 0 Å². The molecule has 0 atom stereocenters. The number of carbonyl (C=O) groups excluding carboxylic acids is 2. The van der Waals surface area contributed by atoms with Crippen LogP contribution >= 0.6 is 0 Å². The van der Waals surface area contributed by atoms with Crippen molar-refractivity contribution in [3.63, 3.8) is 0 Å². The molecule has 2 bridgehead atoms. The van der Waals surface area contributed by atoms with Crippen LogP contribution in [-0.2, 0) is 29.9 Å². The second-order valence-corrected chi connectivity index (χ2v) is 7.27. The van der Waals surface area contributed by atoms with Gasteiger partial charge in [-0.15, -0.1) is 0 Å². The van der Waals surface area contributed by atoms with Crippen LogP contribution in [0.1, 0.15) is 35.1 Å². The molecule has 30 heavy (non-hydrogen) atoms. The van der Waals surface area contributed by atoms with Crippen molar-refractivity contribution >= 4 is 23.3 Å². The van der Waals surface area contributed by atoms with E-state index in [0.717, 1.165) is 0 Å². The van der Waals surface area contributed by atoms with Gasteiger partial charge >= 0.3 is 11.9 Å². The standard InChI is InChI=1S/C20H16N2O8/c1-29-17(23)19-7-8-20(18(24)30-2,15-9-11(21(25)26)3-5-13(15)19)16-10-12(22(27)28)4-6-14(16)19/h3-6,9-10H,7-8H2,1-2H3. The Morgan fingerprint density at radius 1 is 0.767 bits per heavy atom. The largest absolute Gasteiger partial charge is 0.468 e. The van der Waals surface area contributed by atoms with Gasteiger partial charge in [0.2, 0.25) is 0 Å². The first-order valence-electron chi connectivity index (χ1n) is 8.99. The first-order chi connectivity index (χ1) is 14.2. The number of ether oxygens (including phenoxy) is 2. The first kappa shape index (κ1) is 19.5. The molecule has 0 heterocycles. The Balaban J connectivity index is 2.17. The van der Waals surface area contributed by atoms with Gasteiger partial charge in [0.15, 0.2) is 0 Å². The maximum atomic E-state index is 13.1. The molecule has 10 nitrogen and oxygen atoms in total. The predicted molar refractivity (Wildman–Crippen MR) is 101 cm³/mol. The van der Waals surface area contributed by atoms with E-state index >= 15 is 0 Å². The summed E-state index contributed by atoms with van der Waals surface area (Å²) in [5.41, 5.74) is -2.11. The van der Waals surface area contributed by atoms with Crippen molar-refractivity contribution in [2.75, 3.05) is 14.2 Å². The highest BCUT2D eigenvalue weighted by atomic mass is 16.6. The van der Waals surface area contributed by atoms with Crippen LogP contribution in [0.15, 0.2) is 36.4 Å². The molecule has 3 aliphatic carbocycles. The summed E-state index contributed by atoms with van der Waals surface area (Å²) in [5.74, 6) is -1.31. The summed E-state index contributed by atoms with van der Waals surface area (Å²) in [6.45, 7) is 0. The van der Waals surface area contributed by atoms with E-state index in [0.29, 0.717) is 11.1 Å². The SMILES string of the molecule is COC(=O)C12CCC(C(=O)OC)(c3cc([N+](=O)[O-])ccc31)c1cc([N+](=O)[O-])ccc12. The van der Waals surface area contributed by atoms with Crippen LogP contribution in [0.5, 0.6) is 0 Å². The first-order valence-corrected chi connectivity index (χ1v) is 8.99. The number of hydrogen-bond acceptors (Lipinski definition) is 8. The lowest BCUT2D eigenvalue weighted by molar-refractivity contribution is -0.385. The number of nitro benzene ring substituents is 2. The lowest BCUT2D eigenvalue weighted by atomic mass is 9.49. The fraction of sp³-hybridized carbons (Fsp3) is 0.300. The normalized spacial score (nSPS) is 23.1. The molecule has 2 aromatic carbocycles. The van der Waals surface area contributed by atoms with Crippen LogP contribution in [0.25, 0.3) is 0 Å². The number of carbonyl (C=O) groups is 2. The Morgan fingerprint density at radius 2 is 1.13 bits per heavy atom. The van der Waals surface area contributed by atoms with Gasteiger partial charge in [0.1, 0.15) is 10.8 Å². The van der Waals surface area contributed by atoms with Gasteiger partial charge in [-0.25, -0.2) is 0 Å². The number of methoxy groups -OCH3 is 2. The fourth-order valence-corrected chi connectivity index (χ4v) is 4.94. The van der Waals surface area contributed by atoms with Crippen LogP contribution in [0, 0.1) is 20.2 Å².